The first-order chi connectivity index (χ1) is 15.9. The molecule has 0 spiro atoms. The van der Waals surface area contributed by atoms with Gasteiger partial charge >= 0.3 is 0 Å². The molecule has 10 heteroatoms. The molecular formula is C23H20N2O5S3. The maximum Gasteiger partial charge on any atom is 0.238 e. The number of rotatable bonds is 8. The molecular weight excluding hydrogens is 480 g/mol. The lowest BCUT2D eigenvalue weighted by Crippen LogP contribution is -2.15. The molecule has 0 radical (unpaired) electrons. The molecule has 1 amide bonds. The van der Waals surface area contributed by atoms with Crippen molar-refractivity contribution in [1.82, 2.24) is 4.98 Å². The van der Waals surface area contributed by atoms with E-state index >= 15 is 0 Å². The van der Waals surface area contributed by atoms with E-state index in [0.717, 1.165) is 17.3 Å². The molecule has 0 unspecified atom stereocenters. The Morgan fingerprint density at radius 2 is 1.88 bits per heavy atom. The van der Waals surface area contributed by atoms with E-state index in [1.165, 1.54) is 30.6 Å². The third kappa shape index (κ3) is 5.13. The van der Waals surface area contributed by atoms with Crippen molar-refractivity contribution in [2.45, 2.75) is 21.9 Å². The number of benzene rings is 2. The monoisotopic (exact) mass is 500 g/mol. The van der Waals surface area contributed by atoms with Gasteiger partial charge in [-0.05, 0) is 42.6 Å². The van der Waals surface area contributed by atoms with Crippen LogP contribution in [0.3, 0.4) is 0 Å². The number of anilines is 1. The molecule has 4 rings (SSSR count). The molecule has 0 fully saturated rings. The number of carbonyl (C=O) groups is 1. The number of aryl methyl sites for hydroxylation is 1. The zero-order valence-corrected chi connectivity index (χ0v) is 20.2. The average Bonchev–Trinajstić information content (AvgIpc) is 3.49. The minimum absolute atomic E-state index is 0.0640. The molecule has 0 aliphatic heterocycles. The van der Waals surface area contributed by atoms with Crippen molar-refractivity contribution in [2.24, 2.45) is 0 Å². The lowest BCUT2D eigenvalue weighted by Gasteiger charge is -2.09. The maximum atomic E-state index is 13.3. The van der Waals surface area contributed by atoms with Crippen LogP contribution in [0.1, 0.15) is 5.56 Å². The first-order valence-corrected chi connectivity index (χ1v) is 13.2. The van der Waals surface area contributed by atoms with Crippen molar-refractivity contribution >= 4 is 44.5 Å². The Labute approximate surface area is 199 Å². The highest BCUT2D eigenvalue weighted by Crippen LogP contribution is 2.36. The van der Waals surface area contributed by atoms with Crippen LogP contribution >= 0.6 is 23.1 Å². The predicted octanol–water partition coefficient (Wildman–Crippen LogP) is 5.28. The zero-order valence-electron chi connectivity index (χ0n) is 17.8. The lowest BCUT2D eigenvalue weighted by atomic mass is 10.2. The number of thioether (sulfide) groups is 1. The van der Waals surface area contributed by atoms with Gasteiger partial charge in [0.15, 0.2) is 0 Å². The summed E-state index contributed by atoms with van der Waals surface area (Å²) < 4.78 is 37.7. The standard InChI is InChI=1S/C23H20N2O5S3/c1-15-9-11-16(12-10-15)33(27,28)22-23(30-21(25-22)19-8-5-13-31-19)32-14-20(26)24-17-6-3-4-7-18(17)29-2/h3-13H,14H2,1-2H3,(H,24,26). The van der Waals surface area contributed by atoms with Crippen LogP contribution < -0.4 is 10.1 Å². The van der Waals surface area contributed by atoms with E-state index in [-0.39, 0.29) is 32.6 Å². The Balaban J connectivity index is 1.61. The van der Waals surface area contributed by atoms with Crippen LogP contribution in [0, 0.1) is 6.92 Å². The SMILES string of the molecule is COc1ccccc1NC(=O)CSc1oc(-c2cccs2)nc1S(=O)(=O)c1ccc(C)cc1. The predicted molar refractivity (Wildman–Crippen MR) is 129 cm³/mol. The molecule has 2 aromatic heterocycles. The number of hydrogen-bond acceptors (Lipinski definition) is 8. The van der Waals surface area contributed by atoms with Gasteiger partial charge in [0.2, 0.25) is 31.8 Å². The summed E-state index contributed by atoms with van der Waals surface area (Å²) in [5, 5.41) is 4.48. The second-order valence-electron chi connectivity index (χ2n) is 6.94. The van der Waals surface area contributed by atoms with Gasteiger partial charge in [-0.15, -0.1) is 11.3 Å². The quantitative estimate of drug-likeness (QED) is 0.329. The van der Waals surface area contributed by atoms with Crippen molar-refractivity contribution in [3.63, 3.8) is 0 Å². The third-order valence-corrected chi connectivity index (χ3v) is 8.21. The zero-order chi connectivity index (χ0) is 23.4. The highest BCUT2D eigenvalue weighted by atomic mass is 32.2. The van der Waals surface area contributed by atoms with Gasteiger partial charge in [-0.1, -0.05) is 47.7 Å². The van der Waals surface area contributed by atoms with Crippen LogP contribution in [-0.4, -0.2) is 32.2 Å². The van der Waals surface area contributed by atoms with E-state index in [9.17, 15) is 13.2 Å². The van der Waals surface area contributed by atoms with Gasteiger partial charge in [-0.3, -0.25) is 4.79 Å². The summed E-state index contributed by atoms with van der Waals surface area (Å²) in [4.78, 5) is 17.7. The molecule has 4 aromatic rings. The number of amides is 1. The second-order valence-corrected chi connectivity index (χ2v) is 10.7. The van der Waals surface area contributed by atoms with E-state index in [1.54, 1.807) is 42.5 Å². The van der Waals surface area contributed by atoms with Crippen molar-refractivity contribution in [1.29, 1.82) is 0 Å². The number of nitrogens with one attached hydrogen (secondary N) is 1. The topological polar surface area (TPSA) is 98.5 Å². The number of nitrogens with zero attached hydrogens (tertiary/aromatic N) is 1. The fraction of sp³-hybridized carbons (Fsp3) is 0.130. The summed E-state index contributed by atoms with van der Waals surface area (Å²) in [5.74, 6) is 0.312. The van der Waals surface area contributed by atoms with E-state index in [2.05, 4.69) is 10.3 Å². The molecule has 0 saturated carbocycles. The molecule has 33 heavy (non-hydrogen) atoms. The number of ether oxygens (including phenoxy) is 1. The van der Waals surface area contributed by atoms with Gasteiger partial charge in [-0.25, -0.2) is 8.42 Å². The summed E-state index contributed by atoms with van der Waals surface area (Å²) >= 11 is 2.36. The maximum absolute atomic E-state index is 13.3. The summed E-state index contributed by atoms with van der Waals surface area (Å²) in [5.41, 5.74) is 1.46. The van der Waals surface area contributed by atoms with Gasteiger partial charge in [-0.2, -0.15) is 4.98 Å². The molecule has 0 aliphatic rings. The van der Waals surface area contributed by atoms with Gasteiger partial charge in [0, 0.05) is 0 Å². The second kappa shape index (κ2) is 9.82. The summed E-state index contributed by atoms with van der Waals surface area (Å²) in [6.45, 7) is 1.88. The average molecular weight is 501 g/mol. The molecule has 0 saturated heterocycles. The lowest BCUT2D eigenvalue weighted by molar-refractivity contribution is -0.113. The van der Waals surface area contributed by atoms with Crippen LogP contribution in [-0.2, 0) is 14.6 Å². The van der Waals surface area contributed by atoms with Crippen molar-refractivity contribution in [2.75, 3.05) is 18.2 Å². The highest BCUT2D eigenvalue weighted by Gasteiger charge is 2.29. The molecule has 0 atom stereocenters. The summed E-state index contributed by atoms with van der Waals surface area (Å²) in [7, 11) is -2.43. The van der Waals surface area contributed by atoms with Gasteiger partial charge in [0.1, 0.15) is 5.75 Å². The Morgan fingerprint density at radius 1 is 1.12 bits per heavy atom. The fourth-order valence-corrected chi connectivity index (χ4v) is 5.93. The number of sulfone groups is 1. The fourth-order valence-electron chi connectivity index (χ4n) is 2.95. The number of para-hydroxylation sites is 2. The smallest absolute Gasteiger partial charge is 0.238 e. The first-order valence-electron chi connectivity index (χ1n) is 9.80. The molecule has 2 heterocycles. The van der Waals surface area contributed by atoms with Gasteiger partial charge in [0.05, 0.1) is 28.3 Å². The van der Waals surface area contributed by atoms with E-state index in [1.807, 2.05) is 18.4 Å². The minimum atomic E-state index is -3.95. The number of aromatic nitrogens is 1. The van der Waals surface area contributed by atoms with Crippen molar-refractivity contribution in [3.8, 4) is 16.5 Å². The Hall–Kier alpha value is -3.08. The van der Waals surface area contributed by atoms with E-state index in [0.29, 0.717) is 16.3 Å². The van der Waals surface area contributed by atoms with Crippen LogP contribution in [0.5, 0.6) is 5.75 Å². The third-order valence-electron chi connectivity index (χ3n) is 4.60. The largest absolute Gasteiger partial charge is 0.495 e. The Bertz CT molecular complexity index is 1360. The van der Waals surface area contributed by atoms with Crippen LogP contribution in [0.25, 0.3) is 10.8 Å². The molecule has 1 N–H and O–H groups in total. The highest BCUT2D eigenvalue weighted by molar-refractivity contribution is 8.00. The number of hydrogen-bond donors (Lipinski definition) is 1. The van der Waals surface area contributed by atoms with Gasteiger partial charge in [0.25, 0.3) is 0 Å². The molecule has 2 aromatic carbocycles. The number of oxazole rings is 1. The summed E-state index contributed by atoms with van der Waals surface area (Å²) in [6.07, 6.45) is 0. The molecule has 7 nitrogen and oxygen atoms in total. The first kappa shape index (κ1) is 23.1. The Kier molecular flexibility index (Phi) is 6.87. The van der Waals surface area contributed by atoms with Crippen LogP contribution in [0.15, 0.2) is 85.5 Å². The molecule has 0 aliphatic carbocycles. The minimum Gasteiger partial charge on any atom is -0.495 e. The number of thiophene rings is 1. The van der Waals surface area contributed by atoms with Gasteiger partial charge < -0.3 is 14.5 Å². The van der Waals surface area contributed by atoms with E-state index < -0.39 is 9.84 Å². The number of carbonyl (C=O) groups excluding carboxylic acids is 1. The Morgan fingerprint density at radius 3 is 2.58 bits per heavy atom. The van der Waals surface area contributed by atoms with E-state index in [4.69, 9.17) is 9.15 Å². The summed E-state index contributed by atoms with van der Waals surface area (Å²) in [6, 6.07) is 17.2. The van der Waals surface area contributed by atoms with Crippen molar-refractivity contribution in [3.05, 3.63) is 71.6 Å². The normalized spacial score (nSPS) is 11.3. The van der Waals surface area contributed by atoms with Crippen molar-refractivity contribution < 1.29 is 22.4 Å². The molecule has 170 valence electrons. The van der Waals surface area contributed by atoms with Crippen LogP contribution in [0.4, 0.5) is 5.69 Å². The number of methoxy groups -OCH3 is 1. The van der Waals surface area contributed by atoms with Crippen LogP contribution in [0.2, 0.25) is 0 Å². The molecule has 0 bridgehead atoms.